The molecule has 0 atom stereocenters. The number of aryl methyl sites for hydroxylation is 2. The number of anilines is 1. The van der Waals surface area contributed by atoms with Crippen molar-refractivity contribution in [2.75, 3.05) is 31.1 Å². The standard InChI is InChI=1S/C19H21IN2O/c1-14-7-8-15(2)18(13-14)21-9-11-22(12-10-21)19(23)16-5-3-4-6-17(16)20/h3-8,13H,9-12H2,1-2H3. The number of hydrogen-bond acceptors (Lipinski definition) is 2. The van der Waals surface area contributed by atoms with Crippen LogP contribution in [0, 0.1) is 17.4 Å². The van der Waals surface area contributed by atoms with Gasteiger partial charge in [0.15, 0.2) is 0 Å². The van der Waals surface area contributed by atoms with Gasteiger partial charge in [-0.25, -0.2) is 0 Å². The fraction of sp³-hybridized carbons (Fsp3) is 0.316. The van der Waals surface area contributed by atoms with Gasteiger partial charge in [-0.3, -0.25) is 4.79 Å². The van der Waals surface area contributed by atoms with Gasteiger partial charge in [0.05, 0.1) is 5.56 Å². The second kappa shape index (κ2) is 6.91. The first kappa shape index (κ1) is 16.3. The fourth-order valence-corrected chi connectivity index (χ4v) is 3.63. The second-order valence-corrected chi connectivity index (χ2v) is 7.21. The highest BCUT2D eigenvalue weighted by molar-refractivity contribution is 14.1. The Morgan fingerprint density at radius 2 is 1.70 bits per heavy atom. The van der Waals surface area contributed by atoms with Crippen molar-refractivity contribution in [2.24, 2.45) is 0 Å². The third-order valence-corrected chi connectivity index (χ3v) is 5.32. The molecule has 0 unspecified atom stereocenters. The molecule has 4 heteroatoms. The van der Waals surface area contributed by atoms with Crippen LogP contribution in [0.2, 0.25) is 0 Å². The Hall–Kier alpha value is -1.56. The Balaban J connectivity index is 1.70. The molecule has 23 heavy (non-hydrogen) atoms. The van der Waals surface area contributed by atoms with Crippen LogP contribution >= 0.6 is 22.6 Å². The van der Waals surface area contributed by atoms with E-state index < -0.39 is 0 Å². The van der Waals surface area contributed by atoms with E-state index in [0.29, 0.717) is 0 Å². The van der Waals surface area contributed by atoms with Crippen molar-refractivity contribution in [2.45, 2.75) is 13.8 Å². The summed E-state index contributed by atoms with van der Waals surface area (Å²) in [6.45, 7) is 7.60. The maximum absolute atomic E-state index is 12.7. The number of amides is 1. The number of halogens is 1. The van der Waals surface area contributed by atoms with Crippen molar-refractivity contribution < 1.29 is 4.79 Å². The van der Waals surface area contributed by atoms with Crippen LogP contribution in [0.3, 0.4) is 0 Å². The van der Waals surface area contributed by atoms with E-state index in [1.165, 1.54) is 16.8 Å². The van der Waals surface area contributed by atoms with E-state index in [-0.39, 0.29) is 5.91 Å². The molecule has 0 N–H and O–H groups in total. The van der Waals surface area contributed by atoms with Crippen molar-refractivity contribution in [1.82, 2.24) is 4.90 Å². The van der Waals surface area contributed by atoms with Gasteiger partial charge in [0, 0.05) is 35.4 Å². The number of nitrogens with zero attached hydrogens (tertiary/aromatic N) is 2. The fourth-order valence-electron chi connectivity index (χ4n) is 3.02. The zero-order chi connectivity index (χ0) is 16.4. The number of carbonyl (C=O) groups is 1. The summed E-state index contributed by atoms with van der Waals surface area (Å²) in [5, 5.41) is 0. The highest BCUT2D eigenvalue weighted by Crippen LogP contribution is 2.23. The first-order chi connectivity index (χ1) is 11.1. The lowest BCUT2D eigenvalue weighted by Crippen LogP contribution is -2.49. The molecule has 120 valence electrons. The molecule has 1 heterocycles. The molecule has 0 spiro atoms. The molecule has 0 saturated carbocycles. The molecule has 3 rings (SSSR count). The Bertz CT molecular complexity index is 721. The van der Waals surface area contributed by atoms with E-state index in [1.54, 1.807) is 0 Å². The van der Waals surface area contributed by atoms with Gasteiger partial charge in [0.1, 0.15) is 0 Å². The monoisotopic (exact) mass is 420 g/mol. The molecule has 0 radical (unpaired) electrons. The van der Waals surface area contributed by atoms with Gasteiger partial charge < -0.3 is 9.80 Å². The minimum atomic E-state index is 0.149. The first-order valence-corrected chi connectivity index (χ1v) is 9.00. The third-order valence-electron chi connectivity index (χ3n) is 4.38. The van der Waals surface area contributed by atoms with E-state index >= 15 is 0 Å². The Morgan fingerprint density at radius 3 is 2.39 bits per heavy atom. The number of piperazine rings is 1. The molecule has 1 aliphatic heterocycles. The Kier molecular flexibility index (Phi) is 4.90. The smallest absolute Gasteiger partial charge is 0.255 e. The highest BCUT2D eigenvalue weighted by atomic mass is 127. The minimum absolute atomic E-state index is 0.149. The van der Waals surface area contributed by atoms with E-state index in [1.807, 2.05) is 29.2 Å². The van der Waals surface area contributed by atoms with Crippen molar-refractivity contribution in [1.29, 1.82) is 0 Å². The minimum Gasteiger partial charge on any atom is -0.368 e. The topological polar surface area (TPSA) is 23.6 Å². The zero-order valence-electron chi connectivity index (χ0n) is 13.6. The number of hydrogen-bond donors (Lipinski definition) is 0. The second-order valence-electron chi connectivity index (χ2n) is 6.05. The molecule has 1 fully saturated rings. The molecular weight excluding hydrogens is 399 g/mol. The van der Waals surface area contributed by atoms with Gasteiger partial charge in [0.2, 0.25) is 0 Å². The van der Waals surface area contributed by atoms with Gasteiger partial charge in [0.25, 0.3) is 5.91 Å². The summed E-state index contributed by atoms with van der Waals surface area (Å²) in [7, 11) is 0. The van der Waals surface area contributed by atoms with Crippen LogP contribution < -0.4 is 4.90 Å². The molecule has 2 aromatic carbocycles. The lowest BCUT2D eigenvalue weighted by atomic mass is 10.1. The Labute approximate surface area is 151 Å². The van der Waals surface area contributed by atoms with Crippen LogP contribution in [-0.2, 0) is 0 Å². The van der Waals surface area contributed by atoms with E-state index in [4.69, 9.17) is 0 Å². The summed E-state index contributed by atoms with van der Waals surface area (Å²) in [5.41, 5.74) is 4.69. The lowest BCUT2D eigenvalue weighted by molar-refractivity contribution is 0.0745. The predicted octanol–water partition coefficient (Wildman–Crippen LogP) is 3.87. The number of rotatable bonds is 2. The normalized spacial score (nSPS) is 14.9. The third kappa shape index (κ3) is 3.52. The molecule has 1 aliphatic rings. The van der Waals surface area contributed by atoms with E-state index in [9.17, 15) is 4.79 Å². The summed E-state index contributed by atoms with van der Waals surface area (Å²) < 4.78 is 1.02. The number of benzene rings is 2. The van der Waals surface area contributed by atoms with Gasteiger partial charge in [-0.05, 0) is 65.8 Å². The van der Waals surface area contributed by atoms with Crippen LogP contribution in [0.15, 0.2) is 42.5 Å². The van der Waals surface area contributed by atoms with Crippen molar-refractivity contribution in [3.63, 3.8) is 0 Å². The average molecular weight is 420 g/mol. The molecule has 0 bridgehead atoms. The number of carbonyl (C=O) groups excluding carboxylic acids is 1. The Morgan fingerprint density at radius 1 is 1.00 bits per heavy atom. The molecular formula is C19H21IN2O. The maximum atomic E-state index is 12.7. The van der Waals surface area contributed by atoms with Gasteiger partial charge in [-0.1, -0.05) is 24.3 Å². The highest BCUT2D eigenvalue weighted by Gasteiger charge is 2.24. The maximum Gasteiger partial charge on any atom is 0.255 e. The quantitative estimate of drug-likeness (QED) is 0.689. The van der Waals surface area contributed by atoms with E-state index in [0.717, 1.165) is 35.3 Å². The van der Waals surface area contributed by atoms with Crippen molar-refractivity contribution in [3.8, 4) is 0 Å². The van der Waals surface area contributed by atoms with Crippen molar-refractivity contribution >= 4 is 34.2 Å². The van der Waals surface area contributed by atoms with Gasteiger partial charge >= 0.3 is 0 Å². The molecule has 3 nitrogen and oxygen atoms in total. The summed E-state index contributed by atoms with van der Waals surface area (Å²) in [6, 6.07) is 14.4. The molecule has 0 aliphatic carbocycles. The molecule has 1 saturated heterocycles. The van der Waals surface area contributed by atoms with E-state index in [2.05, 4.69) is 59.5 Å². The summed E-state index contributed by atoms with van der Waals surface area (Å²) >= 11 is 2.24. The predicted molar refractivity (Wildman–Crippen MR) is 103 cm³/mol. The van der Waals surface area contributed by atoms with Crippen LogP contribution in [0.1, 0.15) is 21.5 Å². The van der Waals surface area contributed by atoms with Crippen LogP contribution in [0.4, 0.5) is 5.69 Å². The van der Waals surface area contributed by atoms with Crippen LogP contribution in [0.5, 0.6) is 0 Å². The largest absolute Gasteiger partial charge is 0.368 e. The molecule has 1 amide bonds. The lowest BCUT2D eigenvalue weighted by Gasteiger charge is -2.37. The van der Waals surface area contributed by atoms with Gasteiger partial charge in [-0.2, -0.15) is 0 Å². The SMILES string of the molecule is Cc1ccc(C)c(N2CCN(C(=O)c3ccccc3I)CC2)c1. The zero-order valence-corrected chi connectivity index (χ0v) is 15.7. The summed E-state index contributed by atoms with van der Waals surface area (Å²) in [6.07, 6.45) is 0. The van der Waals surface area contributed by atoms with Gasteiger partial charge in [-0.15, -0.1) is 0 Å². The van der Waals surface area contributed by atoms with Crippen LogP contribution in [-0.4, -0.2) is 37.0 Å². The summed E-state index contributed by atoms with van der Waals surface area (Å²) in [4.78, 5) is 17.0. The molecule has 0 aromatic heterocycles. The van der Waals surface area contributed by atoms with Crippen LogP contribution in [0.25, 0.3) is 0 Å². The molecule has 2 aromatic rings. The first-order valence-electron chi connectivity index (χ1n) is 7.92. The average Bonchev–Trinajstić information content (AvgIpc) is 2.57. The summed E-state index contributed by atoms with van der Waals surface area (Å²) in [5.74, 6) is 0.149. The van der Waals surface area contributed by atoms with Crippen molar-refractivity contribution in [3.05, 3.63) is 62.7 Å².